The number of carbonyl (C=O) groups is 6. The van der Waals surface area contributed by atoms with Gasteiger partial charge >= 0.3 is 24.1 Å². The monoisotopic (exact) mass is 832 g/mol. The number of anilines is 2. The first kappa shape index (κ1) is 51.2. The lowest BCUT2D eigenvalue weighted by molar-refractivity contribution is -0.118. The van der Waals surface area contributed by atoms with E-state index in [4.69, 9.17) is 29.9 Å². The summed E-state index contributed by atoms with van der Waals surface area (Å²) < 4.78 is 10.5. The lowest BCUT2D eigenvalue weighted by Crippen LogP contribution is -2.47. The Morgan fingerprint density at radius 3 is 1.02 bits per heavy atom. The Kier molecular flexibility index (Phi) is 21.8. The normalized spacial score (nSPS) is 11.4. The highest BCUT2D eigenvalue weighted by molar-refractivity contribution is 5.98. The summed E-state index contributed by atoms with van der Waals surface area (Å²) in [6.45, 7) is 10.4. The number of amides is 4. The Labute approximate surface area is 349 Å². The number of aromatic carboxylic acids is 2. The van der Waals surface area contributed by atoms with E-state index in [1.165, 1.54) is 48.5 Å². The van der Waals surface area contributed by atoms with Crippen LogP contribution in [0.4, 0.5) is 21.0 Å². The number of benzene rings is 4. The van der Waals surface area contributed by atoms with Crippen LogP contribution in [-0.4, -0.2) is 93.9 Å². The molecule has 4 amide bonds. The molecule has 324 valence electrons. The second-order valence-corrected chi connectivity index (χ2v) is 14.5. The summed E-state index contributed by atoms with van der Waals surface area (Å²) in [6.07, 6.45) is -0.826. The number of hydrogen-bond acceptors (Lipinski definition) is 10. The third-order valence-corrected chi connectivity index (χ3v) is 7.38. The van der Waals surface area contributed by atoms with Gasteiger partial charge in [-0.3, -0.25) is 9.59 Å². The molecule has 2 atom stereocenters. The van der Waals surface area contributed by atoms with Crippen molar-refractivity contribution in [3.8, 4) is 0 Å². The highest BCUT2D eigenvalue weighted by Crippen LogP contribution is 2.15. The summed E-state index contributed by atoms with van der Waals surface area (Å²) in [6, 6.07) is 28.4. The minimum atomic E-state index is -1.05. The molecule has 4 aromatic carbocycles. The van der Waals surface area contributed by atoms with Gasteiger partial charge in [-0.1, -0.05) is 60.7 Å². The fraction of sp³-hybridized carbons (Fsp3) is 0.318. The highest BCUT2D eigenvalue weighted by atomic mass is 16.6. The number of nitrogens with one attached hydrogen (secondary N) is 4. The van der Waals surface area contributed by atoms with Crippen LogP contribution in [-0.2, 0) is 31.9 Å². The van der Waals surface area contributed by atoms with Gasteiger partial charge in [0.25, 0.3) is 0 Å². The van der Waals surface area contributed by atoms with Gasteiger partial charge < -0.3 is 51.2 Å². The van der Waals surface area contributed by atoms with Crippen LogP contribution in [0.1, 0.15) is 73.4 Å². The smallest absolute Gasteiger partial charge is 0.408 e. The van der Waals surface area contributed by atoms with Gasteiger partial charge in [-0.2, -0.15) is 0 Å². The van der Waals surface area contributed by atoms with Crippen molar-refractivity contribution in [2.45, 2.75) is 77.7 Å². The van der Waals surface area contributed by atoms with E-state index in [9.17, 15) is 28.8 Å². The van der Waals surface area contributed by atoms with Gasteiger partial charge in [0.2, 0.25) is 11.8 Å². The molecule has 0 heterocycles. The summed E-state index contributed by atoms with van der Waals surface area (Å²) >= 11 is 0. The quantitative estimate of drug-likeness (QED) is 0.0803. The van der Waals surface area contributed by atoms with Crippen molar-refractivity contribution in [2.75, 3.05) is 24.9 Å². The van der Waals surface area contributed by atoms with E-state index in [0.717, 1.165) is 25.3 Å². The van der Waals surface area contributed by atoms with E-state index in [1.54, 1.807) is 41.5 Å². The molecule has 4 rings (SSSR count). The van der Waals surface area contributed by atoms with Crippen LogP contribution in [0.15, 0.2) is 109 Å². The van der Waals surface area contributed by atoms with Gasteiger partial charge in [-0.25, -0.2) is 19.2 Å². The molecule has 0 spiro atoms. The molecule has 8 N–H and O–H groups in total. The Morgan fingerprint density at radius 1 is 0.483 bits per heavy atom. The van der Waals surface area contributed by atoms with Crippen molar-refractivity contribution in [3.05, 3.63) is 131 Å². The average Bonchev–Trinajstić information content (AvgIpc) is 3.19. The zero-order chi connectivity index (χ0) is 45.5. The fourth-order valence-electron chi connectivity index (χ4n) is 4.87. The van der Waals surface area contributed by atoms with E-state index in [0.29, 0.717) is 11.4 Å². The summed E-state index contributed by atoms with van der Waals surface area (Å²) in [5, 5.41) is 42.5. The number of carbonyl (C=O) groups excluding carboxylic acids is 4. The van der Waals surface area contributed by atoms with Crippen molar-refractivity contribution in [2.24, 2.45) is 0 Å². The first-order valence-electron chi connectivity index (χ1n) is 18.5. The van der Waals surface area contributed by atoms with Gasteiger partial charge in [0.05, 0.1) is 11.1 Å². The number of ether oxygens (including phenoxy) is 2. The van der Waals surface area contributed by atoms with E-state index in [-0.39, 0.29) is 24.0 Å². The van der Waals surface area contributed by atoms with Crippen LogP contribution in [0.5, 0.6) is 0 Å². The fourth-order valence-corrected chi connectivity index (χ4v) is 4.87. The number of alkyl carbamates (subject to hydrolysis) is 2. The molecule has 60 heavy (non-hydrogen) atoms. The number of rotatable bonds is 12. The largest absolute Gasteiger partial charge is 0.478 e. The molecule has 0 saturated heterocycles. The molecule has 4 aromatic rings. The number of hydrogen-bond donors (Lipinski definition) is 8. The second-order valence-electron chi connectivity index (χ2n) is 14.5. The van der Waals surface area contributed by atoms with E-state index in [2.05, 4.69) is 21.3 Å². The minimum Gasteiger partial charge on any atom is -0.478 e. The zero-order valence-electron chi connectivity index (χ0n) is 35.0. The van der Waals surface area contributed by atoms with Gasteiger partial charge in [0, 0.05) is 38.4 Å². The van der Waals surface area contributed by atoms with Crippen LogP contribution in [0.2, 0.25) is 0 Å². The molecule has 16 nitrogen and oxygen atoms in total. The lowest BCUT2D eigenvalue weighted by Gasteiger charge is -2.23. The van der Waals surface area contributed by atoms with Crippen molar-refractivity contribution in [1.82, 2.24) is 10.6 Å². The van der Waals surface area contributed by atoms with E-state index in [1.807, 2.05) is 60.7 Å². The maximum absolute atomic E-state index is 12.7. The Bertz CT molecular complexity index is 1800. The standard InChI is InChI=1S/2C21H24N2O5.2CH4O/c2*1-21(2,3)28-20(27)23-17(13-14-7-5-4-6-8-14)18(24)22-16-11-9-15(10-12-16)19(25)26;2*1-2/h2*4-12,17H,13H2,1-3H3,(H,22,24)(H,23,27)(H,25,26);2*2H,1H3/t2*17-;;/m00../s1. The molecule has 0 aliphatic rings. The van der Waals surface area contributed by atoms with E-state index < -0.39 is 59.2 Å². The number of aliphatic hydroxyl groups is 2. The van der Waals surface area contributed by atoms with Crippen LogP contribution in [0, 0.1) is 0 Å². The predicted octanol–water partition coefficient (Wildman–Crippen LogP) is 6.14. The van der Waals surface area contributed by atoms with Gasteiger partial charge in [0.15, 0.2) is 0 Å². The third-order valence-electron chi connectivity index (χ3n) is 7.38. The topological polar surface area (TPSA) is 250 Å². The predicted molar refractivity (Wildman–Crippen MR) is 227 cm³/mol. The van der Waals surface area contributed by atoms with Crippen LogP contribution in [0.25, 0.3) is 0 Å². The number of carboxylic acid groups (broad SMARTS) is 2. The van der Waals surface area contributed by atoms with Crippen molar-refractivity contribution in [3.63, 3.8) is 0 Å². The van der Waals surface area contributed by atoms with Gasteiger partial charge in [0.1, 0.15) is 23.3 Å². The maximum atomic E-state index is 12.7. The number of carboxylic acids is 2. The second kappa shape index (κ2) is 25.6. The molecular weight excluding hydrogens is 776 g/mol. The van der Waals surface area contributed by atoms with Crippen LogP contribution >= 0.6 is 0 Å². The Balaban J connectivity index is 0.000000554. The van der Waals surface area contributed by atoms with Crippen molar-refractivity contribution >= 4 is 47.3 Å². The Hall–Kier alpha value is -6.78. The van der Waals surface area contributed by atoms with E-state index >= 15 is 0 Å². The maximum Gasteiger partial charge on any atom is 0.408 e. The summed E-state index contributed by atoms with van der Waals surface area (Å²) in [5.41, 5.74) is 1.46. The first-order chi connectivity index (χ1) is 28.3. The molecule has 0 saturated carbocycles. The lowest BCUT2D eigenvalue weighted by atomic mass is 10.1. The highest BCUT2D eigenvalue weighted by Gasteiger charge is 2.26. The first-order valence-corrected chi connectivity index (χ1v) is 18.5. The molecule has 0 aliphatic carbocycles. The van der Waals surface area contributed by atoms with Crippen LogP contribution in [0.3, 0.4) is 0 Å². The Morgan fingerprint density at radius 2 is 0.767 bits per heavy atom. The van der Waals surface area contributed by atoms with Crippen molar-refractivity contribution < 1.29 is 58.7 Å². The number of aliphatic hydroxyl groups excluding tert-OH is 2. The van der Waals surface area contributed by atoms with Gasteiger partial charge in [-0.05, 0) is 101 Å². The molecule has 0 unspecified atom stereocenters. The summed E-state index contributed by atoms with van der Waals surface area (Å²) in [7, 11) is 2.00. The SMILES string of the molecule is CC(C)(C)OC(=O)N[C@@H](Cc1ccccc1)C(=O)Nc1ccc(C(=O)O)cc1.CC(C)(C)OC(=O)N[C@@H](Cc1ccccc1)C(=O)Nc1ccc(C(=O)O)cc1.CO.CO. The summed E-state index contributed by atoms with van der Waals surface area (Å²) in [5.74, 6) is -2.96. The molecule has 0 aliphatic heterocycles. The third kappa shape index (κ3) is 20.6. The minimum absolute atomic E-state index is 0.116. The van der Waals surface area contributed by atoms with Crippen LogP contribution < -0.4 is 21.3 Å². The zero-order valence-corrected chi connectivity index (χ0v) is 35.0. The molecule has 0 aromatic heterocycles. The average molecular weight is 833 g/mol. The molecule has 16 heteroatoms. The summed E-state index contributed by atoms with van der Waals surface area (Å²) in [4.78, 5) is 71.7. The molecular formula is C44H56N4O12. The molecule has 0 bridgehead atoms. The van der Waals surface area contributed by atoms with Crippen molar-refractivity contribution in [1.29, 1.82) is 0 Å². The molecule has 0 radical (unpaired) electrons. The van der Waals surface area contributed by atoms with Gasteiger partial charge in [-0.15, -0.1) is 0 Å². The molecule has 0 fully saturated rings.